The molecular formula is C14H19N3O3. The molecular weight excluding hydrogens is 258 g/mol. The lowest BCUT2D eigenvalue weighted by molar-refractivity contribution is -0.385. The van der Waals surface area contributed by atoms with Crippen LogP contribution in [0.3, 0.4) is 0 Å². The first-order valence-corrected chi connectivity index (χ1v) is 6.78. The van der Waals surface area contributed by atoms with Crippen LogP contribution in [0.1, 0.15) is 18.4 Å². The molecule has 1 saturated heterocycles. The van der Waals surface area contributed by atoms with Gasteiger partial charge in [-0.15, -0.1) is 0 Å². The van der Waals surface area contributed by atoms with Crippen LogP contribution in [0, 0.1) is 10.1 Å². The van der Waals surface area contributed by atoms with Crippen molar-refractivity contribution >= 4 is 11.6 Å². The Hall–Kier alpha value is -1.95. The molecule has 2 rings (SSSR count). The molecule has 1 aliphatic heterocycles. The third-order valence-electron chi connectivity index (χ3n) is 3.78. The van der Waals surface area contributed by atoms with Gasteiger partial charge in [0, 0.05) is 24.7 Å². The molecule has 0 aliphatic carbocycles. The SMILES string of the molecule is CN(C(=O)Cc1ccccc1[N+](=O)[O-])C1CCNCC1. The second kappa shape index (κ2) is 6.47. The first-order valence-electron chi connectivity index (χ1n) is 6.78. The summed E-state index contributed by atoms with van der Waals surface area (Å²) in [5, 5.41) is 14.2. The summed E-state index contributed by atoms with van der Waals surface area (Å²) in [6.45, 7) is 1.82. The van der Waals surface area contributed by atoms with Gasteiger partial charge in [-0.2, -0.15) is 0 Å². The number of piperidine rings is 1. The van der Waals surface area contributed by atoms with Gasteiger partial charge in [-0.3, -0.25) is 14.9 Å². The van der Waals surface area contributed by atoms with Crippen LogP contribution in [0.2, 0.25) is 0 Å². The fourth-order valence-electron chi connectivity index (χ4n) is 2.52. The lowest BCUT2D eigenvalue weighted by atomic mass is 10.0. The van der Waals surface area contributed by atoms with Crippen LogP contribution in [0.5, 0.6) is 0 Å². The van der Waals surface area contributed by atoms with E-state index in [0.29, 0.717) is 5.56 Å². The summed E-state index contributed by atoms with van der Waals surface area (Å²) in [4.78, 5) is 24.5. The van der Waals surface area contributed by atoms with Crippen molar-refractivity contribution in [2.75, 3.05) is 20.1 Å². The Balaban J connectivity index is 2.05. The van der Waals surface area contributed by atoms with Crippen molar-refractivity contribution in [1.82, 2.24) is 10.2 Å². The smallest absolute Gasteiger partial charge is 0.273 e. The Bertz CT molecular complexity index is 498. The van der Waals surface area contributed by atoms with Crippen molar-refractivity contribution in [2.24, 2.45) is 0 Å². The highest BCUT2D eigenvalue weighted by molar-refractivity contribution is 5.80. The summed E-state index contributed by atoms with van der Waals surface area (Å²) in [5.41, 5.74) is 0.489. The number of likely N-dealkylation sites (N-methyl/N-ethyl adjacent to an activating group) is 1. The molecule has 0 atom stereocenters. The lowest BCUT2D eigenvalue weighted by Gasteiger charge is -2.31. The number of rotatable bonds is 4. The Morgan fingerprint density at radius 2 is 2.05 bits per heavy atom. The van der Waals surface area contributed by atoms with Gasteiger partial charge in [-0.05, 0) is 25.9 Å². The largest absolute Gasteiger partial charge is 0.342 e. The van der Waals surface area contributed by atoms with Crippen molar-refractivity contribution in [3.8, 4) is 0 Å². The monoisotopic (exact) mass is 277 g/mol. The maximum absolute atomic E-state index is 12.3. The number of benzene rings is 1. The molecule has 0 unspecified atom stereocenters. The van der Waals surface area contributed by atoms with E-state index < -0.39 is 4.92 Å². The molecule has 1 fully saturated rings. The first kappa shape index (κ1) is 14.5. The van der Waals surface area contributed by atoms with E-state index in [2.05, 4.69) is 5.32 Å². The number of nitro benzene ring substituents is 1. The Kier molecular flexibility index (Phi) is 4.68. The molecule has 0 saturated carbocycles. The molecule has 0 bridgehead atoms. The Labute approximate surface area is 117 Å². The molecule has 1 N–H and O–H groups in total. The summed E-state index contributed by atoms with van der Waals surface area (Å²) < 4.78 is 0. The van der Waals surface area contributed by atoms with Gasteiger partial charge in [-0.1, -0.05) is 18.2 Å². The van der Waals surface area contributed by atoms with E-state index in [1.165, 1.54) is 6.07 Å². The van der Waals surface area contributed by atoms with Gasteiger partial charge >= 0.3 is 0 Å². The molecule has 1 aliphatic rings. The molecule has 0 spiro atoms. The van der Waals surface area contributed by atoms with Crippen LogP contribution in [0.15, 0.2) is 24.3 Å². The topological polar surface area (TPSA) is 75.5 Å². The van der Waals surface area contributed by atoms with Crippen molar-refractivity contribution in [2.45, 2.75) is 25.3 Å². The number of nitrogens with one attached hydrogen (secondary N) is 1. The molecule has 1 heterocycles. The standard InChI is InChI=1S/C14H19N3O3/c1-16(12-6-8-15-9-7-12)14(18)10-11-4-2-3-5-13(11)17(19)20/h2-5,12,15H,6-10H2,1H3. The van der Waals surface area contributed by atoms with Gasteiger partial charge < -0.3 is 10.2 Å². The van der Waals surface area contributed by atoms with Crippen LogP contribution in [-0.4, -0.2) is 41.9 Å². The van der Waals surface area contributed by atoms with Crippen molar-refractivity contribution in [1.29, 1.82) is 0 Å². The first-order chi connectivity index (χ1) is 9.59. The molecule has 20 heavy (non-hydrogen) atoms. The zero-order chi connectivity index (χ0) is 14.5. The van der Waals surface area contributed by atoms with Gasteiger partial charge in [0.1, 0.15) is 0 Å². The van der Waals surface area contributed by atoms with Gasteiger partial charge in [0.05, 0.1) is 11.3 Å². The summed E-state index contributed by atoms with van der Waals surface area (Å²) in [7, 11) is 1.78. The zero-order valence-corrected chi connectivity index (χ0v) is 11.5. The second-order valence-electron chi connectivity index (χ2n) is 5.05. The van der Waals surface area contributed by atoms with Crippen LogP contribution in [-0.2, 0) is 11.2 Å². The molecule has 0 aromatic heterocycles. The summed E-state index contributed by atoms with van der Waals surface area (Å²) in [6.07, 6.45) is 1.94. The number of carbonyl (C=O) groups excluding carboxylic acids is 1. The van der Waals surface area contributed by atoms with Crippen LogP contribution in [0.4, 0.5) is 5.69 Å². The predicted octanol–water partition coefficient (Wildman–Crippen LogP) is 1.35. The molecule has 0 radical (unpaired) electrons. The lowest BCUT2D eigenvalue weighted by Crippen LogP contribution is -2.44. The zero-order valence-electron chi connectivity index (χ0n) is 11.5. The van der Waals surface area contributed by atoms with E-state index in [-0.39, 0.29) is 24.1 Å². The minimum absolute atomic E-state index is 0.0135. The maximum atomic E-state index is 12.3. The molecule has 1 aromatic rings. The second-order valence-corrected chi connectivity index (χ2v) is 5.05. The summed E-state index contributed by atoms with van der Waals surface area (Å²) in [6, 6.07) is 6.65. The van der Waals surface area contributed by atoms with E-state index in [1.54, 1.807) is 30.1 Å². The molecule has 6 nitrogen and oxygen atoms in total. The minimum atomic E-state index is -0.437. The predicted molar refractivity (Wildman–Crippen MR) is 75.5 cm³/mol. The Morgan fingerprint density at radius 1 is 1.40 bits per heavy atom. The quantitative estimate of drug-likeness (QED) is 0.666. The van der Waals surface area contributed by atoms with Gasteiger partial charge in [0.25, 0.3) is 5.69 Å². The average Bonchev–Trinajstić information content (AvgIpc) is 2.47. The minimum Gasteiger partial charge on any atom is -0.342 e. The van der Waals surface area contributed by atoms with Crippen LogP contribution >= 0.6 is 0 Å². The maximum Gasteiger partial charge on any atom is 0.273 e. The highest BCUT2D eigenvalue weighted by atomic mass is 16.6. The van der Waals surface area contributed by atoms with Gasteiger partial charge in [-0.25, -0.2) is 0 Å². The average molecular weight is 277 g/mol. The number of carbonyl (C=O) groups is 1. The van der Waals surface area contributed by atoms with E-state index in [4.69, 9.17) is 0 Å². The third-order valence-corrected chi connectivity index (χ3v) is 3.78. The van der Waals surface area contributed by atoms with Gasteiger partial charge in [0.2, 0.25) is 5.91 Å². The van der Waals surface area contributed by atoms with Crippen molar-refractivity contribution in [3.63, 3.8) is 0 Å². The summed E-state index contributed by atoms with van der Waals surface area (Å²) in [5.74, 6) is -0.0637. The molecule has 6 heteroatoms. The Morgan fingerprint density at radius 3 is 2.70 bits per heavy atom. The highest BCUT2D eigenvalue weighted by Gasteiger charge is 2.24. The van der Waals surface area contributed by atoms with E-state index in [1.807, 2.05) is 0 Å². The molecule has 1 aromatic carbocycles. The van der Waals surface area contributed by atoms with Crippen LogP contribution in [0.25, 0.3) is 0 Å². The van der Waals surface area contributed by atoms with Crippen LogP contribution < -0.4 is 5.32 Å². The molecule has 108 valence electrons. The highest BCUT2D eigenvalue weighted by Crippen LogP contribution is 2.20. The number of hydrogen-bond donors (Lipinski definition) is 1. The number of para-hydroxylation sites is 1. The normalized spacial score (nSPS) is 15.8. The fourth-order valence-corrected chi connectivity index (χ4v) is 2.52. The number of nitro groups is 1. The summed E-state index contributed by atoms with van der Waals surface area (Å²) >= 11 is 0. The van der Waals surface area contributed by atoms with E-state index in [0.717, 1.165) is 25.9 Å². The van der Waals surface area contributed by atoms with E-state index in [9.17, 15) is 14.9 Å². The number of amides is 1. The van der Waals surface area contributed by atoms with E-state index >= 15 is 0 Å². The van der Waals surface area contributed by atoms with Crippen molar-refractivity contribution in [3.05, 3.63) is 39.9 Å². The number of nitrogens with zero attached hydrogens (tertiary/aromatic N) is 2. The van der Waals surface area contributed by atoms with Crippen molar-refractivity contribution < 1.29 is 9.72 Å². The molecule has 1 amide bonds. The van der Waals surface area contributed by atoms with Gasteiger partial charge in [0.15, 0.2) is 0 Å². The third kappa shape index (κ3) is 3.33. The number of hydrogen-bond acceptors (Lipinski definition) is 4. The fraction of sp³-hybridized carbons (Fsp3) is 0.500.